The third-order valence-corrected chi connectivity index (χ3v) is 6.85. The van der Waals surface area contributed by atoms with Gasteiger partial charge in [-0.2, -0.15) is 0 Å². The highest BCUT2D eigenvalue weighted by Crippen LogP contribution is 2.20. The van der Waals surface area contributed by atoms with Crippen LogP contribution in [0.4, 0.5) is 4.39 Å². The molecule has 0 bridgehead atoms. The van der Waals surface area contributed by atoms with Crippen LogP contribution >= 0.6 is 11.8 Å². The quantitative estimate of drug-likeness (QED) is 0.336. The Bertz CT molecular complexity index is 1120. The molecule has 3 aromatic carbocycles. The molecule has 0 unspecified atom stereocenters. The van der Waals surface area contributed by atoms with Crippen LogP contribution in [0.5, 0.6) is 0 Å². The molecule has 36 heavy (non-hydrogen) atoms. The Morgan fingerprint density at radius 2 is 1.58 bits per heavy atom. The molecular formula is C30H35FN2O2S. The first-order chi connectivity index (χ1) is 17.4. The second-order valence-electron chi connectivity index (χ2n) is 9.13. The molecule has 190 valence electrons. The fourth-order valence-electron chi connectivity index (χ4n) is 4.20. The number of halogens is 1. The minimum atomic E-state index is -0.668. The highest BCUT2D eigenvalue weighted by atomic mass is 32.2. The molecule has 0 aliphatic heterocycles. The Balaban J connectivity index is 1.83. The van der Waals surface area contributed by atoms with E-state index in [0.717, 1.165) is 17.5 Å². The van der Waals surface area contributed by atoms with Gasteiger partial charge in [-0.3, -0.25) is 9.59 Å². The predicted octanol–water partition coefficient (Wildman–Crippen LogP) is 5.84. The van der Waals surface area contributed by atoms with Crippen molar-refractivity contribution in [1.29, 1.82) is 0 Å². The van der Waals surface area contributed by atoms with Gasteiger partial charge in [0.25, 0.3) is 0 Å². The van der Waals surface area contributed by atoms with E-state index in [2.05, 4.69) is 37.4 Å². The molecule has 1 atom stereocenters. The topological polar surface area (TPSA) is 49.4 Å². The standard InChI is InChI=1S/C30H35FN2O2S/c1-4-14-32-30(35)28(18-24-8-6-5-7-9-24)33(19-25-10-12-27(31)13-11-25)29(34)21-36-20-26-16-22(2)15-23(3)17-26/h5-13,15-17,28H,4,14,18-21H2,1-3H3,(H,32,35)/t28-/m0/s1. The molecule has 0 aromatic heterocycles. The summed E-state index contributed by atoms with van der Waals surface area (Å²) in [6.07, 6.45) is 1.21. The molecule has 0 heterocycles. The number of hydrogen-bond donors (Lipinski definition) is 1. The van der Waals surface area contributed by atoms with Crippen molar-refractivity contribution in [3.63, 3.8) is 0 Å². The summed E-state index contributed by atoms with van der Waals surface area (Å²) in [4.78, 5) is 28.5. The van der Waals surface area contributed by atoms with E-state index in [1.165, 1.54) is 28.8 Å². The molecular weight excluding hydrogens is 471 g/mol. The molecule has 0 spiro atoms. The summed E-state index contributed by atoms with van der Waals surface area (Å²) >= 11 is 1.54. The first kappa shape index (κ1) is 27.5. The van der Waals surface area contributed by atoms with Gasteiger partial charge < -0.3 is 10.2 Å². The fraction of sp³-hybridized carbons (Fsp3) is 0.333. The Labute approximate surface area is 218 Å². The van der Waals surface area contributed by atoms with Crippen LogP contribution in [0.3, 0.4) is 0 Å². The van der Waals surface area contributed by atoms with E-state index in [4.69, 9.17) is 0 Å². The van der Waals surface area contributed by atoms with Gasteiger partial charge in [-0.25, -0.2) is 4.39 Å². The second-order valence-corrected chi connectivity index (χ2v) is 10.1. The molecule has 3 rings (SSSR count). The molecule has 0 saturated carbocycles. The van der Waals surface area contributed by atoms with Crippen LogP contribution in [0.1, 0.15) is 41.2 Å². The van der Waals surface area contributed by atoms with Crippen LogP contribution < -0.4 is 5.32 Å². The largest absolute Gasteiger partial charge is 0.354 e. The van der Waals surface area contributed by atoms with Crippen molar-refractivity contribution >= 4 is 23.6 Å². The predicted molar refractivity (Wildman–Crippen MR) is 146 cm³/mol. The van der Waals surface area contributed by atoms with Gasteiger partial charge in [-0.05, 0) is 49.1 Å². The van der Waals surface area contributed by atoms with E-state index in [0.29, 0.717) is 18.7 Å². The first-order valence-electron chi connectivity index (χ1n) is 12.4. The molecule has 3 aromatic rings. The number of amides is 2. The van der Waals surface area contributed by atoms with E-state index in [9.17, 15) is 14.0 Å². The van der Waals surface area contributed by atoms with Gasteiger partial charge >= 0.3 is 0 Å². The zero-order valence-electron chi connectivity index (χ0n) is 21.3. The van der Waals surface area contributed by atoms with E-state index < -0.39 is 6.04 Å². The number of aryl methyl sites for hydroxylation is 2. The smallest absolute Gasteiger partial charge is 0.243 e. The molecule has 0 aliphatic carbocycles. The summed E-state index contributed by atoms with van der Waals surface area (Å²) < 4.78 is 13.5. The molecule has 0 radical (unpaired) electrons. The van der Waals surface area contributed by atoms with Crippen LogP contribution in [0.15, 0.2) is 72.8 Å². The Hall–Kier alpha value is -3.12. The molecule has 4 nitrogen and oxygen atoms in total. The van der Waals surface area contributed by atoms with Crippen molar-refractivity contribution in [2.75, 3.05) is 12.3 Å². The minimum Gasteiger partial charge on any atom is -0.354 e. The molecule has 0 saturated heterocycles. The van der Waals surface area contributed by atoms with Gasteiger partial charge in [0.2, 0.25) is 11.8 Å². The van der Waals surface area contributed by atoms with Crippen LogP contribution in [-0.4, -0.2) is 35.1 Å². The molecule has 0 aliphatic rings. The van der Waals surface area contributed by atoms with E-state index in [-0.39, 0.29) is 29.9 Å². The summed E-state index contributed by atoms with van der Waals surface area (Å²) in [6.45, 7) is 6.92. The van der Waals surface area contributed by atoms with Crippen molar-refractivity contribution in [2.45, 2.75) is 52.0 Å². The third-order valence-electron chi connectivity index (χ3n) is 5.86. The van der Waals surface area contributed by atoms with Crippen molar-refractivity contribution < 1.29 is 14.0 Å². The minimum absolute atomic E-state index is 0.110. The summed E-state index contributed by atoms with van der Waals surface area (Å²) in [7, 11) is 0. The highest BCUT2D eigenvalue weighted by molar-refractivity contribution is 7.99. The number of carbonyl (C=O) groups is 2. The lowest BCUT2D eigenvalue weighted by Crippen LogP contribution is -2.51. The van der Waals surface area contributed by atoms with Crippen molar-refractivity contribution in [2.24, 2.45) is 0 Å². The van der Waals surface area contributed by atoms with Gasteiger partial charge in [0, 0.05) is 25.3 Å². The normalized spacial score (nSPS) is 11.7. The maximum atomic E-state index is 13.6. The lowest BCUT2D eigenvalue weighted by atomic mass is 10.0. The lowest BCUT2D eigenvalue weighted by molar-refractivity contribution is -0.139. The zero-order chi connectivity index (χ0) is 25.9. The number of thioether (sulfide) groups is 1. The Morgan fingerprint density at radius 1 is 0.917 bits per heavy atom. The van der Waals surface area contributed by atoms with Gasteiger partial charge in [0.15, 0.2) is 0 Å². The fourth-order valence-corrected chi connectivity index (χ4v) is 5.04. The number of benzene rings is 3. The maximum Gasteiger partial charge on any atom is 0.243 e. The molecule has 0 fully saturated rings. The number of nitrogens with zero attached hydrogens (tertiary/aromatic N) is 1. The zero-order valence-corrected chi connectivity index (χ0v) is 22.1. The number of rotatable bonds is 12. The lowest BCUT2D eigenvalue weighted by Gasteiger charge is -2.31. The third kappa shape index (κ3) is 8.52. The van der Waals surface area contributed by atoms with Crippen molar-refractivity contribution in [3.05, 3.63) is 106 Å². The van der Waals surface area contributed by atoms with Crippen LogP contribution in [-0.2, 0) is 28.3 Å². The Kier molecular flexibility index (Phi) is 10.6. The van der Waals surface area contributed by atoms with Crippen LogP contribution in [0.2, 0.25) is 0 Å². The van der Waals surface area contributed by atoms with Crippen molar-refractivity contribution in [1.82, 2.24) is 10.2 Å². The summed E-state index contributed by atoms with van der Waals surface area (Å²) in [5, 5.41) is 2.98. The van der Waals surface area contributed by atoms with Gasteiger partial charge in [-0.1, -0.05) is 78.7 Å². The molecule has 1 N–H and O–H groups in total. The summed E-state index contributed by atoms with van der Waals surface area (Å²) in [6, 6.07) is 21.6. The van der Waals surface area contributed by atoms with Crippen LogP contribution in [0, 0.1) is 19.7 Å². The SMILES string of the molecule is CCCNC(=O)[C@H](Cc1ccccc1)N(Cc1ccc(F)cc1)C(=O)CSCc1cc(C)cc(C)c1. The highest BCUT2D eigenvalue weighted by Gasteiger charge is 2.30. The Morgan fingerprint density at radius 3 is 2.22 bits per heavy atom. The monoisotopic (exact) mass is 506 g/mol. The van der Waals surface area contributed by atoms with Gasteiger partial charge in [0.05, 0.1) is 5.75 Å². The van der Waals surface area contributed by atoms with E-state index in [1.807, 2.05) is 37.3 Å². The maximum absolute atomic E-state index is 13.6. The second kappa shape index (κ2) is 13.8. The first-order valence-corrected chi connectivity index (χ1v) is 13.5. The average molecular weight is 507 g/mol. The summed E-state index contributed by atoms with van der Waals surface area (Å²) in [5.74, 6) is 0.351. The van der Waals surface area contributed by atoms with Gasteiger partial charge in [-0.15, -0.1) is 11.8 Å². The van der Waals surface area contributed by atoms with Crippen molar-refractivity contribution in [3.8, 4) is 0 Å². The van der Waals surface area contributed by atoms with E-state index >= 15 is 0 Å². The van der Waals surface area contributed by atoms with Crippen LogP contribution in [0.25, 0.3) is 0 Å². The molecule has 2 amide bonds. The summed E-state index contributed by atoms with van der Waals surface area (Å²) in [5.41, 5.74) is 5.34. The van der Waals surface area contributed by atoms with Gasteiger partial charge in [0.1, 0.15) is 11.9 Å². The molecule has 6 heteroatoms. The number of hydrogen-bond acceptors (Lipinski definition) is 3. The van der Waals surface area contributed by atoms with E-state index in [1.54, 1.807) is 28.8 Å². The number of nitrogens with one attached hydrogen (secondary N) is 1. The average Bonchev–Trinajstić information content (AvgIpc) is 2.85. The number of carbonyl (C=O) groups excluding carboxylic acids is 2.